The third kappa shape index (κ3) is 6.53. The maximum absolute atomic E-state index is 12.9. The molecule has 0 bridgehead atoms. The van der Waals surface area contributed by atoms with Gasteiger partial charge in [-0.2, -0.15) is 13.2 Å². The molecule has 31 heavy (non-hydrogen) atoms. The van der Waals surface area contributed by atoms with Crippen molar-refractivity contribution < 1.29 is 22.8 Å². The van der Waals surface area contributed by atoms with Crippen molar-refractivity contribution in [3.63, 3.8) is 0 Å². The fourth-order valence-electron chi connectivity index (χ4n) is 2.78. The van der Waals surface area contributed by atoms with Crippen molar-refractivity contribution in [1.29, 1.82) is 0 Å². The number of nitrogens with zero attached hydrogens (tertiary/aromatic N) is 1. The van der Waals surface area contributed by atoms with E-state index in [9.17, 15) is 22.8 Å². The van der Waals surface area contributed by atoms with Crippen LogP contribution in [0.3, 0.4) is 0 Å². The van der Waals surface area contributed by atoms with Crippen LogP contribution in [0.4, 0.5) is 24.0 Å². The van der Waals surface area contributed by atoms with Crippen molar-refractivity contribution in [3.05, 3.63) is 75.3 Å². The van der Waals surface area contributed by atoms with Gasteiger partial charge in [0.25, 0.3) is 0 Å². The Bertz CT molecular complexity index is 1100. The largest absolute Gasteiger partial charge is 0.416 e. The van der Waals surface area contributed by atoms with Crippen molar-refractivity contribution >= 4 is 45.6 Å². The first-order valence-electron chi connectivity index (χ1n) is 9.07. The summed E-state index contributed by atoms with van der Waals surface area (Å²) in [6.45, 7) is 1.41. The lowest BCUT2D eigenvalue weighted by molar-refractivity contribution is -0.137. The van der Waals surface area contributed by atoms with E-state index in [0.29, 0.717) is 21.3 Å². The van der Waals surface area contributed by atoms with Crippen LogP contribution >= 0.6 is 22.9 Å². The number of alkyl halides is 3. The van der Waals surface area contributed by atoms with Gasteiger partial charge in [-0.1, -0.05) is 23.7 Å². The van der Waals surface area contributed by atoms with Gasteiger partial charge in [0.15, 0.2) is 5.13 Å². The molecule has 1 heterocycles. The molecule has 0 fully saturated rings. The summed E-state index contributed by atoms with van der Waals surface area (Å²) in [7, 11) is 0. The van der Waals surface area contributed by atoms with Gasteiger partial charge in [-0.05, 0) is 41.5 Å². The van der Waals surface area contributed by atoms with Crippen LogP contribution in [0.15, 0.2) is 48.7 Å². The van der Waals surface area contributed by atoms with E-state index in [1.807, 2.05) is 0 Å². The van der Waals surface area contributed by atoms with Crippen molar-refractivity contribution in [1.82, 2.24) is 4.98 Å². The molecule has 2 amide bonds. The first kappa shape index (κ1) is 22.8. The van der Waals surface area contributed by atoms with E-state index < -0.39 is 11.7 Å². The van der Waals surface area contributed by atoms with Crippen molar-refractivity contribution in [3.8, 4) is 0 Å². The monoisotopic (exact) mass is 467 g/mol. The van der Waals surface area contributed by atoms with E-state index in [1.54, 1.807) is 24.3 Å². The second-order valence-corrected chi connectivity index (χ2v) is 8.24. The first-order chi connectivity index (χ1) is 14.6. The minimum Gasteiger partial charge on any atom is -0.326 e. The Hall–Kier alpha value is -2.91. The smallest absolute Gasteiger partial charge is 0.326 e. The summed E-state index contributed by atoms with van der Waals surface area (Å²) in [4.78, 5) is 28.1. The molecular weight excluding hydrogens is 451 g/mol. The molecule has 0 spiro atoms. The topological polar surface area (TPSA) is 71.1 Å². The van der Waals surface area contributed by atoms with Gasteiger partial charge in [-0.15, -0.1) is 11.3 Å². The highest BCUT2D eigenvalue weighted by Gasteiger charge is 2.30. The number of carbonyl (C=O) groups is 2. The first-order valence-corrected chi connectivity index (χ1v) is 10.3. The van der Waals surface area contributed by atoms with E-state index in [2.05, 4.69) is 15.6 Å². The summed E-state index contributed by atoms with van der Waals surface area (Å²) in [6, 6.07) is 10.0. The van der Waals surface area contributed by atoms with Gasteiger partial charge in [0.2, 0.25) is 11.8 Å². The number of anilines is 2. The van der Waals surface area contributed by atoms with E-state index in [0.717, 1.165) is 17.7 Å². The normalized spacial score (nSPS) is 11.3. The van der Waals surface area contributed by atoms with Crippen molar-refractivity contribution in [2.45, 2.75) is 25.9 Å². The SMILES string of the molecule is CC(=O)Nc1ccc(CC(=O)Nc2ncc(Cc3cc(C(F)(F)F)ccc3Cl)s2)cc1. The van der Waals surface area contributed by atoms with Gasteiger partial charge >= 0.3 is 6.18 Å². The van der Waals surface area contributed by atoms with Crippen molar-refractivity contribution in [2.24, 2.45) is 0 Å². The Kier molecular flexibility index (Phi) is 6.97. The Labute approximate surface area is 185 Å². The number of nitrogens with one attached hydrogen (secondary N) is 2. The van der Waals surface area contributed by atoms with E-state index in [4.69, 9.17) is 11.6 Å². The van der Waals surface area contributed by atoms with E-state index in [1.165, 1.54) is 30.5 Å². The predicted molar refractivity (Wildman–Crippen MR) is 114 cm³/mol. The van der Waals surface area contributed by atoms with E-state index >= 15 is 0 Å². The highest BCUT2D eigenvalue weighted by molar-refractivity contribution is 7.15. The molecule has 0 saturated carbocycles. The minimum absolute atomic E-state index is 0.106. The zero-order valence-electron chi connectivity index (χ0n) is 16.2. The second-order valence-electron chi connectivity index (χ2n) is 6.72. The molecule has 0 atom stereocenters. The number of rotatable bonds is 6. The number of amides is 2. The summed E-state index contributed by atoms with van der Waals surface area (Å²) in [5, 5.41) is 5.90. The second kappa shape index (κ2) is 9.49. The van der Waals surface area contributed by atoms with Gasteiger partial charge in [0, 0.05) is 35.1 Å². The lowest BCUT2D eigenvalue weighted by Gasteiger charge is -2.09. The Morgan fingerprint density at radius 2 is 1.81 bits per heavy atom. The molecule has 3 rings (SSSR count). The fourth-order valence-corrected chi connectivity index (χ4v) is 3.82. The lowest BCUT2D eigenvalue weighted by atomic mass is 10.1. The Balaban J connectivity index is 1.61. The molecule has 1 aromatic heterocycles. The van der Waals surface area contributed by atoms with E-state index in [-0.39, 0.29) is 29.7 Å². The maximum Gasteiger partial charge on any atom is 0.416 e. The molecule has 2 aromatic carbocycles. The van der Waals surface area contributed by atoms with Crippen molar-refractivity contribution in [2.75, 3.05) is 10.6 Å². The summed E-state index contributed by atoms with van der Waals surface area (Å²) in [5.41, 5.74) is 0.945. The van der Waals surface area contributed by atoms with Crippen LogP contribution in [0.5, 0.6) is 0 Å². The average Bonchev–Trinajstić information content (AvgIpc) is 3.10. The predicted octanol–water partition coefficient (Wildman–Crippen LogP) is 5.55. The van der Waals surface area contributed by atoms with Gasteiger partial charge in [0.1, 0.15) is 0 Å². The number of hydrogen-bond donors (Lipinski definition) is 2. The summed E-state index contributed by atoms with van der Waals surface area (Å²) in [6.07, 6.45) is -2.68. The standard InChI is InChI=1S/C21H17ClF3N3O2S/c1-12(29)27-16-5-2-13(3-6-16)8-19(30)28-20-26-11-17(31-20)10-14-9-15(21(23,24)25)4-7-18(14)22/h2-7,9,11H,8,10H2,1H3,(H,27,29)(H,26,28,30). The molecule has 0 saturated heterocycles. The summed E-state index contributed by atoms with van der Waals surface area (Å²) in [5.74, 6) is -0.471. The highest BCUT2D eigenvalue weighted by Crippen LogP contribution is 2.33. The van der Waals surface area contributed by atoms with Gasteiger partial charge < -0.3 is 10.6 Å². The Morgan fingerprint density at radius 3 is 2.45 bits per heavy atom. The molecule has 0 aliphatic rings. The maximum atomic E-state index is 12.9. The number of aromatic nitrogens is 1. The van der Waals surface area contributed by atoms with Gasteiger partial charge in [-0.3, -0.25) is 9.59 Å². The third-order valence-corrected chi connectivity index (χ3v) is 5.46. The quantitative estimate of drug-likeness (QED) is 0.499. The molecule has 2 N–H and O–H groups in total. The van der Waals surface area contributed by atoms with Gasteiger partial charge in [0.05, 0.1) is 12.0 Å². The molecule has 0 unspecified atom stereocenters. The highest BCUT2D eigenvalue weighted by atomic mass is 35.5. The minimum atomic E-state index is -4.45. The van der Waals surface area contributed by atoms with Crippen LogP contribution < -0.4 is 10.6 Å². The average molecular weight is 468 g/mol. The van der Waals surface area contributed by atoms with Crippen LogP contribution in [0.1, 0.15) is 28.5 Å². The number of hydrogen-bond acceptors (Lipinski definition) is 4. The molecule has 0 radical (unpaired) electrons. The number of thiazole rings is 1. The third-order valence-electron chi connectivity index (χ3n) is 4.18. The molecule has 10 heteroatoms. The van der Waals surface area contributed by atoms with Crippen LogP contribution in [-0.4, -0.2) is 16.8 Å². The summed E-state index contributed by atoms with van der Waals surface area (Å²) < 4.78 is 38.8. The Morgan fingerprint density at radius 1 is 1.10 bits per heavy atom. The lowest BCUT2D eigenvalue weighted by Crippen LogP contribution is -2.14. The molecular formula is C21H17ClF3N3O2S. The number of carbonyl (C=O) groups excluding carboxylic acids is 2. The zero-order chi connectivity index (χ0) is 22.6. The molecule has 5 nitrogen and oxygen atoms in total. The van der Waals surface area contributed by atoms with Gasteiger partial charge in [-0.25, -0.2) is 4.98 Å². The molecule has 3 aromatic rings. The molecule has 0 aliphatic heterocycles. The van der Waals surface area contributed by atoms with Crippen LogP contribution in [0.2, 0.25) is 5.02 Å². The summed E-state index contributed by atoms with van der Waals surface area (Å²) >= 11 is 7.21. The number of halogens is 4. The van der Waals surface area contributed by atoms with Crippen LogP contribution in [0, 0.1) is 0 Å². The zero-order valence-corrected chi connectivity index (χ0v) is 17.8. The fraction of sp³-hybridized carbons (Fsp3) is 0.190. The molecule has 162 valence electrons. The van der Waals surface area contributed by atoms with Crippen LogP contribution in [-0.2, 0) is 28.6 Å². The van der Waals surface area contributed by atoms with Crippen LogP contribution in [0.25, 0.3) is 0 Å². The number of benzene rings is 2. The molecule has 0 aliphatic carbocycles.